The summed E-state index contributed by atoms with van der Waals surface area (Å²) in [5.41, 5.74) is 2.84. The number of rotatable bonds is 3. The Kier molecular flexibility index (Phi) is 4.89. The van der Waals surface area contributed by atoms with E-state index in [-0.39, 0.29) is 17.7 Å². The number of likely N-dealkylation sites (tertiary alicyclic amines) is 2. The summed E-state index contributed by atoms with van der Waals surface area (Å²) in [5.74, 6) is 0.829. The average Bonchev–Trinajstić information content (AvgIpc) is 3.36. The van der Waals surface area contributed by atoms with E-state index in [4.69, 9.17) is 0 Å². The average molecular weight is 368 g/mol. The maximum atomic E-state index is 12.8. The molecule has 2 aromatic heterocycles. The van der Waals surface area contributed by atoms with Crippen molar-refractivity contribution in [2.75, 3.05) is 26.2 Å². The van der Waals surface area contributed by atoms with Crippen LogP contribution in [0.2, 0.25) is 0 Å². The molecule has 6 heteroatoms. The molecule has 0 spiro atoms. The fourth-order valence-electron chi connectivity index (χ4n) is 4.30. The Morgan fingerprint density at radius 3 is 2.44 bits per heavy atom. The van der Waals surface area contributed by atoms with E-state index in [9.17, 15) is 9.59 Å². The molecule has 2 saturated heterocycles. The summed E-state index contributed by atoms with van der Waals surface area (Å²) < 4.78 is 1.80. The smallest absolute Gasteiger partial charge is 0.257 e. The van der Waals surface area contributed by atoms with Crippen molar-refractivity contribution in [3.8, 4) is 0 Å². The van der Waals surface area contributed by atoms with Gasteiger partial charge in [-0.25, -0.2) is 4.52 Å². The minimum absolute atomic E-state index is 0.0591. The van der Waals surface area contributed by atoms with Gasteiger partial charge in [0.25, 0.3) is 5.91 Å². The second-order valence-corrected chi connectivity index (χ2v) is 8.10. The molecule has 0 bridgehead atoms. The van der Waals surface area contributed by atoms with Crippen LogP contribution in [0.1, 0.15) is 61.4 Å². The minimum Gasteiger partial charge on any atom is -0.342 e. The summed E-state index contributed by atoms with van der Waals surface area (Å²) >= 11 is 0. The minimum atomic E-state index is 0.0591. The maximum absolute atomic E-state index is 12.8. The van der Waals surface area contributed by atoms with Gasteiger partial charge in [-0.05, 0) is 49.3 Å². The Labute approximate surface area is 160 Å². The van der Waals surface area contributed by atoms with Gasteiger partial charge in [-0.3, -0.25) is 9.59 Å². The number of amides is 2. The largest absolute Gasteiger partial charge is 0.342 e. The molecule has 4 rings (SSSR count). The number of pyridine rings is 1. The van der Waals surface area contributed by atoms with Gasteiger partial charge < -0.3 is 9.80 Å². The summed E-state index contributed by atoms with van der Waals surface area (Å²) in [5, 5.41) is 4.37. The van der Waals surface area contributed by atoms with E-state index >= 15 is 0 Å². The summed E-state index contributed by atoms with van der Waals surface area (Å²) in [6.45, 7) is 7.23. The third-order valence-corrected chi connectivity index (χ3v) is 5.94. The van der Waals surface area contributed by atoms with Gasteiger partial charge in [0.2, 0.25) is 5.91 Å². The third-order valence-electron chi connectivity index (χ3n) is 5.94. The Hall–Kier alpha value is -2.37. The second-order valence-electron chi connectivity index (χ2n) is 8.10. The predicted octanol–water partition coefficient (Wildman–Crippen LogP) is 2.93. The van der Waals surface area contributed by atoms with Crippen molar-refractivity contribution in [2.24, 2.45) is 5.92 Å². The van der Waals surface area contributed by atoms with E-state index in [2.05, 4.69) is 17.2 Å². The molecule has 2 aliphatic heterocycles. The molecule has 0 aromatic carbocycles. The van der Waals surface area contributed by atoms with Crippen LogP contribution in [0, 0.1) is 5.92 Å². The highest BCUT2D eigenvalue weighted by molar-refractivity contribution is 6.00. The number of carbonyl (C=O) groups is 2. The first-order valence-electron chi connectivity index (χ1n) is 10.1. The van der Waals surface area contributed by atoms with Gasteiger partial charge in [-0.15, -0.1) is 0 Å². The van der Waals surface area contributed by atoms with Crippen LogP contribution in [0.15, 0.2) is 24.5 Å². The van der Waals surface area contributed by atoms with Crippen molar-refractivity contribution in [1.29, 1.82) is 0 Å². The van der Waals surface area contributed by atoms with Gasteiger partial charge in [0.05, 0.1) is 17.3 Å². The standard InChI is InChI=1S/C21H28N4O2/c1-15(2)20(26)24-10-5-16(6-11-24)17-7-12-25-19(13-17)18(14-22-25)21(27)23-8-3-4-9-23/h7,12-16H,3-6,8-11H2,1-2H3. The van der Waals surface area contributed by atoms with E-state index in [0.717, 1.165) is 57.4 Å². The van der Waals surface area contributed by atoms with Gasteiger partial charge in [-0.2, -0.15) is 5.10 Å². The number of aromatic nitrogens is 2. The highest BCUT2D eigenvalue weighted by Crippen LogP contribution is 2.30. The molecule has 2 fully saturated rings. The van der Waals surface area contributed by atoms with Gasteiger partial charge in [0, 0.05) is 38.3 Å². The van der Waals surface area contributed by atoms with Gasteiger partial charge in [-0.1, -0.05) is 13.8 Å². The van der Waals surface area contributed by atoms with Gasteiger partial charge in [0.15, 0.2) is 0 Å². The van der Waals surface area contributed by atoms with Crippen LogP contribution in [0.4, 0.5) is 0 Å². The van der Waals surface area contributed by atoms with Crippen LogP contribution in [-0.4, -0.2) is 57.4 Å². The summed E-state index contributed by atoms with van der Waals surface area (Å²) in [6, 6.07) is 4.23. The third kappa shape index (κ3) is 3.45. The molecular formula is C21H28N4O2. The van der Waals surface area contributed by atoms with E-state index in [1.807, 2.05) is 29.8 Å². The van der Waals surface area contributed by atoms with E-state index in [1.165, 1.54) is 5.56 Å². The van der Waals surface area contributed by atoms with Crippen LogP contribution < -0.4 is 0 Å². The number of hydrogen-bond donors (Lipinski definition) is 0. The lowest BCUT2D eigenvalue weighted by Crippen LogP contribution is -2.40. The Bertz CT molecular complexity index is 843. The molecule has 0 unspecified atom stereocenters. The highest BCUT2D eigenvalue weighted by Gasteiger charge is 2.26. The molecule has 2 aromatic rings. The van der Waals surface area contributed by atoms with Crippen molar-refractivity contribution in [3.05, 3.63) is 35.7 Å². The lowest BCUT2D eigenvalue weighted by atomic mass is 9.89. The molecule has 6 nitrogen and oxygen atoms in total. The quantitative estimate of drug-likeness (QED) is 0.837. The first kappa shape index (κ1) is 18.0. The van der Waals surface area contributed by atoms with Crippen LogP contribution in [-0.2, 0) is 4.79 Å². The van der Waals surface area contributed by atoms with Crippen molar-refractivity contribution < 1.29 is 9.59 Å². The van der Waals surface area contributed by atoms with Crippen molar-refractivity contribution in [1.82, 2.24) is 19.4 Å². The molecule has 0 N–H and O–H groups in total. The zero-order valence-electron chi connectivity index (χ0n) is 16.2. The summed E-state index contributed by atoms with van der Waals surface area (Å²) in [7, 11) is 0. The number of hydrogen-bond acceptors (Lipinski definition) is 3. The van der Waals surface area contributed by atoms with Gasteiger partial charge >= 0.3 is 0 Å². The van der Waals surface area contributed by atoms with Crippen LogP contribution in [0.25, 0.3) is 5.52 Å². The SMILES string of the molecule is CC(C)C(=O)N1CCC(c2ccn3ncc(C(=O)N4CCCC4)c3c2)CC1. The second kappa shape index (κ2) is 7.33. The van der Waals surface area contributed by atoms with Crippen LogP contribution >= 0.6 is 0 Å². The zero-order chi connectivity index (χ0) is 19.0. The molecule has 2 aliphatic rings. The molecule has 27 heavy (non-hydrogen) atoms. The zero-order valence-corrected chi connectivity index (χ0v) is 16.2. The molecular weight excluding hydrogens is 340 g/mol. The van der Waals surface area contributed by atoms with Crippen LogP contribution in [0.5, 0.6) is 0 Å². The molecule has 0 saturated carbocycles. The lowest BCUT2D eigenvalue weighted by Gasteiger charge is -2.33. The van der Waals surface area contributed by atoms with Crippen molar-refractivity contribution >= 4 is 17.3 Å². The fraction of sp³-hybridized carbons (Fsp3) is 0.571. The molecule has 144 valence electrons. The molecule has 2 amide bonds. The summed E-state index contributed by atoms with van der Waals surface area (Å²) in [4.78, 5) is 28.9. The normalized spacial score (nSPS) is 18.6. The topological polar surface area (TPSA) is 57.9 Å². The first-order valence-corrected chi connectivity index (χ1v) is 10.1. The fourth-order valence-corrected chi connectivity index (χ4v) is 4.30. The van der Waals surface area contributed by atoms with Gasteiger partial charge in [0.1, 0.15) is 0 Å². The van der Waals surface area contributed by atoms with E-state index < -0.39 is 0 Å². The monoisotopic (exact) mass is 368 g/mol. The maximum Gasteiger partial charge on any atom is 0.257 e. The molecule has 0 radical (unpaired) electrons. The predicted molar refractivity (Wildman–Crippen MR) is 104 cm³/mol. The van der Waals surface area contributed by atoms with Crippen molar-refractivity contribution in [2.45, 2.75) is 45.4 Å². The molecule has 0 atom stereocenters. The number of carbonyl (C=O) groups excluding carboxylic acids is 2. The Morgan fingerprint density at radius 2 is 1.78 bits per heavy atom. The number of fused-ring (bicyclic) bond motifs is 1. The number of nitrogens with zero attached hydrogens (tertiary/aromatic N) is 4. The van der Waals surface area contributed by atoms with E-state index in [0.29, 0.717) is 11.5 Å². The first-order chi connectivity index (χ1) is 13.0. The van der Waals surface area contributed by atoms with E-state index in [1.54, 1.807) is 10.7 Å². The molecule has 4 heterocycles. The highest BCUT2D eigenvalue weighted by atomic mass is 16.2. The van der Waals surface area contributed by atoms with Crippen LogP contribution in [0.3, 0.4) is 0 Å². The van der Waals surface area contributed by atoms with Crippen molar-refractivity contribution in [3.63, 3.8) is 0 Å². The summed E-state index contributed by atoms with van der Waals surface area (Å²) in [6.07, 6.45) is 7.77. The number of piperidine rings is 1. The lowest BCUT2D eigenvalue weighted by molar-refractivity contribution is -0.135. The Morgan fingerprint density at radius 1 is 1.07 bits per heavy atom. The molecule has 0 aliphatic carbocycles. The Balaban J connectivity index is 1.53.